The highest BCUT2D eigenvalue weighted by Crippen LogP contribution is 2.40. The molecule has 3 N–H and O–H groups in total. The number of nitrogens with one attached hydrogen (secondary N) is 1. The minimum atomic E-state index is -4.60. The standard InChI is InChI=1S/C15H13ClF3N3O2/c16-10-3-7(15(17,18)19)4-12(24)14(10)11-1-2-13(22-21-11)20-8-5-9(23)6-8/h1-4,8-9,23-24H,5-6H2,(H,20,22)/t8-,9+. The van der Waals surface area contributed by atoms with Gasteiger partial charge in [0, 0.05) is 6.04 Å². The van der Waals surface area contributed by atoms with Gasteiger partial charge in [-0.3, -0.25) is 0 Å². The average molecular weight is 360 g/mol. The van der Waals surface area contributed by atoms with Gasteiger partial charge in [-0.15, -0.1) is 10.2 Å². The van der Waals surface area contributed by atoms with Gasteiger partial charge in [-0.2, -0.15) is 13.2 Å². The van der Waals surface area contributed by atoms with E-state index in [1.54, 1.807) is 6.07 Å². The second kappa shape index (κ2) is 6.10. The lowest BCUT2D eigenvalue weighted by Gasteiger charge is -2.32. The molecule has 1 aromatic heterocycles. The minimum Gasteiger partial charge on any atom is -0.507 e. The number of nitrogens with zero attached hydrogens (tertiary/aromatic N) is 2. The molecular weight excluding hydrogens is 347 g/mol. The van der Waals surface area contributed by atoms with Crippen LogP contribution in [0.1, 0.15) is 18.4 Å². The zero-order chi connectivity index (χ0) is 17.5. The number of hydrogen-bond acceptors (Lipinski definition) is 5. The Morgan fingerprint density at radius 3 is 2.38 bits per heavy atom. The second-order valence-electron chi connectivity index (χ2n) is 5.62. The van der Waals surface area contributed by atoms with Gasteiger partial charge in [0.2, 0.25) is 0 Å². The molecule has 2 aromatic rings. The Balaban J connectivity index is 1.84. The number of aromatic nitrogens is 2. The van der Waals surface area contributed by atoms with Crippen molar-refractivity contribution in [3.05, 3.63) is 34.9 Å². The summed E-state index contributed by atoms with van der Waals surface area (Å²) in [5.74, 6) is -0.148. The first-order valence-electron chi connectivity index (χ1n) is 7.12. The number of aromatic hydroxyl groups is 1. The fraction of sp³-hybridized carbons (Fsp3) is 0.333. The number of phenolic OH excluding ortho intramolecular Hbond substituents is 1. The van der Waals surface area contributed by atoms with Gasteiger partial charge >= 0.3 is 6.18 Å². The first kappa shape index (κ1) is 16.8. The summed E-state index contributed by atoms with van der Waals surface area (Å²) in [7, 11) is 0. The van der Waals surface area contributed by atoms with Crippen molar-refractivity contribution >= 4 is 17.4 Å². The lowest BCUT2D eigenvalue weighted by molar-refractivity contribution is -0.137. The fourth-order valence-electron chi connectivity index (χ4n) is 2.47. The molecule has 0 aliphatic heterocycles. The van der Waals surface area contributed by atoms with Crippen LogP contribution in [0.3, 0.4) is 0 Å². The average Bonchev–Trinajstić information content (AvgIpc) is 2.45. The van der Waals surface area contributed by atoms with Gasteiger partial charge in [0.25, 0.3) is 0 Å². The summed E-state index contributed by atoms with van der Waals surface area (Å²) in [5, 5.41) is 29.7. The number of alkyl halides is 3. The molecule has 1 fully saturated rings. The predicted molar refractivity (Wildman–Crippen MR) is 81.8 cm³/mol. The van der Waals surface area contributed by atoms with E-state index in [1.165, 1.54) is 6.07 Å². The van der Waals surface area contributed by atoms with Crippen LogP contribution in [-0.2, 0) is 6.18 Å². The van der Waals surface area contributed by atoms with E-state index in [0.29, 0.717) is 24.7 Å². The highest BCUT2D eigenvalue weighted by Gasteiger charge is 2.32. The molecule has 5 nitrogen and oxygen atoms in total. The largest absolute Gasteiger partial charge is 0.507 e. The lowest BCUT2D eigenvalue weighted by atomic mass is 9.89. The van der Waals surface area contributed by atoms with E-state index in [-0.39, 0.29) is 28.4 Å². The Morgan fingerprint density at radius 2 is 1.88 bits per heavy atom. The van der Waals surface area contributed by atoms with Crippen LogP contribution >= 0.6 is 11.6 Å². The first-order chi connectivity index (χ1) is 11.2. The smallest absolute Gasteiger partial charge is 0.416 e. The molecule has 24 heavy (non-hydrogen) atoms. The highest BCUT2D eigenvalue weighted by atomic mass is 35.5. The molecule has 9 heteroatoms. The SMILES string of the molecule is Oc1cc(C(F)(F)F)cc(Cl)c1-c1ccc(N[C@H]2C[C@@H](O)C2)nn1. The maximum Gasteiger partial charge on any atom is 0.416 e. The normalized spacial score (nSPS) is 20.5. The molecule has 1 aliphatic rings. The third kappa shape index (κ3) is 3.39. The quantitative estimate of drug-likeness (QED) is 0.782. The highest BCUT2D eigenvalue weighted by molar-refractivity contribution is 6.33. The van der Waals surface area contributed by atoms with E-state index in [1.807, 2.05) is 0 Å². The Hall–Kier alpha value is -2.06. The van der Waals surface area contributed by atoms with Crippen molar-refractivity contribution in [1.82, 2.24) is 10.2 Å². The molecule has 1 aromatic carbocycles. The predicted octanol–water partition coefficient (Wildman–Crippen LogP) is 3.46. The Labute approximate surface area is 140 Å². The number of phenols is 1. The van der Waals surface area contributed by atoms with Gasteiger partial charge in [-0.1, -0.05) is 11.6 Å². The molecule has 0 spiro atoms. The van der Waals surface area contributed by atoms with Crippen molar-refractivity contribution in [2.24, 2.45) is 0 Å². The minimum absolute atomic E-state index is 0.0113. The zero-order valence-electron chi connectivity index (χ0n) is 12.2. The summed E-state index contributed by atoms with van der Waals surface area (Å²) in [6.07, 6.45) is -3.67. The van der Waals surface area contributed by atoms with Crippen molar-refractivity contribution < 1.29 is 23.4 Å². The zero-order valence-corrected chi connectivity index (χ0v) is 12.9. The maximum absolute atomic E-state index is 12.7. The number of anilines is 1. The summed E-state index contributed by atoms with van der Waals surface area (Å²) < 4.78 is 38.1. The number of hydrogen-bond donors (Lipinski definition) is 3. The van der Waals surface area contributed by atoms with E-state index in [2.05, 4.69) is 15.5 Å². The maximum atomic E-state index is 12.7. The first-order valence-corrected chi connectivity index (χ1v) is 7.50. The van der Waals surface area contributed by atoms with Crippen LogP contribution in [-0.4, -0.2) is 32.6 Å². The van der Waals surface area contributed by atoms with Crippen LogP contribution in [0.15, 0.2) is 24.3 Å². The third-order valence-corrected chi connectivity index (χ3v) is 4.08. The Kier molecular flexibility index (Phi) is 4.27. The van der Waals surface area contributed by atoms with E-state index < -0.39 is 17.5 Å². The molecule has 1 aliphatic carbocycles. The van der Waals surface area contributed by atoms with Crippen LogP contribution in [0.5, 0.6) is 5.75 Å². The second-order valence-corrected chi connectivity index (χ2v) is 6.03. The van der Waals surface area contributed by atoms with E-state index in [4.69, 9.17) is 11.6 Å². The van der Waals surface area contributed by atoms with Crippen LogP contribution in [0.2, 0.25) is 5.02 Å². The number of benzene rings is 1. The van der Waals surface area contributed by atoms with E-state index in [9.17, 15) is 23.4 Å². The lowest BCUT2D eigenvalue weighted by Crippen LogP contribution is -2.39. The van der Waals surface area contributed by atoms with E-state index in [0.717, 1.165) is 6.07 Å². The summed E-state index contributed by atoms with van der Waals surface area (Å²) in [4.78, 5) is 0. The Bertz CT molecular complexity index is 724. The van der Waals surface area contributed by atoms with Gasteiger partial charge in [0.05, 0.1) is 27.9 Å². The fourth-order valence-corrected chi connectivity index (χ4v) is 2.78. The number of aliphatic hydroxyl groups is 1. The number of rotatable bonds is 3. The molecule has 0 bridgehead atoms. The third-order valence-electron chi connectivity index (χ3n) is 3.78. The summed E-state index contributed by atoms with van der Waals surface area (Å²) in [5.41, 5.74) is -0.892. The molecular formula is C15H13ClF3N3O2. The molecule has 1 heterocycles. The van der Waals surface area contributed by atoms with Crippen LogP contribution in [0.25, 0.3) is 11.3 Å². The van der Waals surface area contributed by atoms with Crippen LogP contribution in [0.4, 0.5) is 19.0 Å². The molecule has 0 atom stereocenters. The van der Waals surface area contributed by atoms with Gasteiger partial charge in [0.15, 0.2) is 0 Å². The molecule has 0 amide bonds. The molecule has 3 rings (SSSR count). The Morgan fingerprint density at radius 1 is 1.17 bits per heavy atom. The van der Waals surface area contributed by atoms with Crippen molar-refractivity contribution in [3.8, 4) is 17.0 Å². The van der Waals surface area contributed by atoms with Crippen molar-refractivity contribution in [3.63, 3.8) is 0 Å². The summed E-state index contributed by atoms with van der Waals surface area (Å²) in [6, 6.07) is 4.53. The summed E-state index contributed by atoms with van der Waals surface area (Å²) >= 11 is 5.88. The molecule has 128 valence electrons. The van der Waals surface area contributed by atoms with E-state index >= 15 is 0 Å². The van der Waals surface area contributed by atoms with Gasteiger partial charge < -0.3 is 15.5 Å². The molecule has 1 saturated carbocycles. The molecule has 0 radical (unpaired) electrons. The topological polar surface area (TPSA) is 78.3 Å². The van der Waals surface area contributed by atoms with Crippen molar-refractivity contribution in [2.45, 2.75) is 31.2 Å². The number of halogens is 4. The summed E-state index contributed by atoms with van der Waals surface area (Å²) in [6.45, 7) is 0. The molecule has 0 unspecified atom stereocenters. The van der Waals surface area contributed by atoms with Gasteiger partial charge in [0.1, 0.15) is 11.6 Å². The van der Waals surface area contributed by atoms with Gasteiger partial charge in [-0.25, -0.2) is 0 Å². The monoisotopic (exact) mass is 359 g/mol. The van der Waals surface area contributed by atoms with Gasteiger partial charge in [-0.05, 0) is 37.1 Å². The van der Waals surface area contributed by atoms with Crippen LogP contribution in [0, 0.1) is 0 Å². The van der Waals surface area contributed by atoms with Crippen molar-refractivity contribution in [2.75, 3.05) is 5.32 Å². The van der Waals surface area contributed by atoms with Crippen molar-refractivity contribution in [1.29, 1.82) is 0 Å². The number of aliphatic hydroxyl groups excluding tert-OH is 1. The van der Waals surface area contributed by atoms with Crippen LogP contribution < -0.4 is 5.32 Å². The molecule has 0 saturated heterocycles.